The number of likely N-dealkylation sites (tertiary alicyclic amines) is 1. The van der Waals surface area contributed by atoms with Crippen LogP contribution in [0, 0.1) is 12.7 Å². The van der Waals surface area contributed by atoms with E-state index in [-0.39, 0.29) is 18.0 Å². The fraction of sp³-hybridized carbons (Fsp3) is 0.471. The van der Waals surface area contributed by atoms with Gasteiger partial charge in [-0.1, -0.05) is 80.4 Å². The SMILES string of the molecule is C[C@@H](OC[C@H]1CO1)c1ccccc1Br.Cc1ccc(C[C@@H]2CCCN2C[C@@H](O)CO[C@H](C)c2ccccc2Br)cc1F. The van der Waals surface area contributed by atoms with Crippen molar-refractivity contribution >= 4 is 31.9 Å². The van der Waals surface area contributed by atoms with Gasteiger partial charge in [-0.25, -0.2) is 4.39 Å². The molecule has 2 aliphatic heterocycles. The number of epoxide rings is 1. The number of ether oxygens (including phenoxy) is 3. The van der Waals surface area contributed by atoms with E-state index in [2.05, 4.69) is 49.7 Å². The van der Waals surface area contributed by atoms with Crippen molar-refractivity contribution < 1.29 is 23.7 Å². The summed E-state index contributed by atoms with van der Waals surface area (Å²) in [5, 5.41) is 10.5. The van der Waals surface area contributed by atoms with Gasteiger partial charge >= 0.3 is 0 Å². The summed E-state index contributed by atoms with van der Waals surface area (Å²) in [5.74, 6) is -0.142. The smallest absolute Gasteiger partial charge is 0.126 e. The van der Waals surface area contributed by atoms with Crippen LogP contribution < -0.4 is 0 Å². The van der Waals surface area contributed by atoms with E-state index in [1.807, 2.05) is 61.5 Å². The number of aliphatic hydroxyl groups is 1. The molecule has 0 unspecified atom stereocenters. The van der Waals surface area contributed by atoms with Crippen LogP contribution >= 0.6 is 31.9 Å². The van der Waals surface area contributed by atoms with E-state index in [0.29, 0.717) is 37.5 Å². The van der Waals surface area contributed by atoms with Gasteiger partial charge < -0.3 is 19.3 Å². The molecule has 2 saturated heterocycles. The summed E-state index contributed by atoms with van der Waals surface area (Å²) in [7, 11) is 0. The van der Waals surface area contributed by atoms with Gasteiger partial charge in [0, 0.05) is 21.5 Å². The van der Waals surface area contributed by atoms with Crippen LogP contribution in [-0.2, 0) is 20.6 Å². The Morgan fingerprint density at radius 1 is 0.976 bits per heavy atom. The molecule has 0 spiro atoms. The number of benzene rings is 3. The lowest BCUT2D eigenvalue weighted by Gasteiger charge is -2.27. The molecule has 5 rings (SSSR count). The van der Waals surface area contributed by atoms with Crippen LogP contribution in [0.1, 0.15) is 61.2 Å². The first-order valence-electron chi connectivity index (χ1n) is 14.7. The fourth-order valence-electron chi connectivity index (χ4n) is 5.19. The van der Waals surface area contributed by atoms with E-state index in [0.717, 1.165) is 52.5 Å². The molecule has 42 heavy (non-hydrogen) atoms. The molecule has 0 aromatic heterocycles. The topological polar surface area (TPSA) is 54.5 Å². The lowest BCUT2D eigenvalue weighted by Crippen LogP contribution is -2.39. The van der Waals surface area contributed by atoms with Crippen LogP contribution in [0.15, 0.2) is 75.7 Å². The zero-order chi connectivity index (χ0) is 30.1. The molecule has 3 aromatic carbocycles. The van der Waals surface area contributed by atoms with Crippen molar-refractivity contribution in [2.75, 3.05) is 32.9 Å². The van der Waals surface area contributed by atoms with Crippen molar-refractivity contribution in [3.8, 4) is 0 Å². The van der Waals surface area contributed by atoms with Crippen LogP contribution in [-0.4, -0.2) is 61.2 Å². The molecule has 0 radical (unpaired) electrons. The molecule has 2 heterocycles. The first kappa shape index (κ1) is 33.2. The van der Waals surface area contributed by atoms with E-state index < -0.39 is 6.10 Å². The van der Waals surface area contributed by atoms with Gasteiger partial charge in [-0.2, -0.15) is 0 Å². The molecule has 0 amide bonds. The van der Waals surface area contributed by atoms with Crippen LogP contribution in [0.4, 0.5) is 4.39 Å². The molecule has 228 valence electrons. The van der Waals surface area contributed by atoms with Gasteiger partial charge in [0.1, 0.15) is 11.9 Å². The molecule has 3 aromatic rings. The molecule has 2 fully saturated rings. The first-order chi connectivity index (χ1) is 20.2. The van der Waals surface area contributed by atoms with Crippen LogP contribution in [0.3, 0.4) is 0 Å². The summed E-state index contributed by atoms with van der Waals surface area (Å²) in [4.78, 5) is 2.31. The maximum Gasteiger partial charge on any atom is 0.126 e. The largest absolute Gasteiger partial charge is 0.389 e. The number of hydrogen-bond donors (Lipinski definition) is 1. The summed E-state index contributed by atoms with van der Waals surface area (Å²) in [6.07, 6.45) is 2.83. The van der Waals surface area contributed by atoms with Crippen molar-refractivity contribution in [1.82, 2.24) is 4.90 Å². The predicted octanol–water partition coefficient (Wildman–Crippen LogP) is 7.97. The number of nitrogens with zero attached hydrogens (tertiary/aromatic N) is 1. The molecule has 5 atom stereocenters. The maximum atomic E-state index is 13.8. The molecule has 1 N–H and O–H groups in total. The second kappa shape index (κ2) is 16.4. The van der Waals surface area contributed by atoms with E-state index in [1.54, 1.807) is 13.0 Å². The summed E-state index contributed by atoms with van der Waals surface area (Å²) in [6, 6.07) is 21.9. The normalized spacial score (nSPS) is 20.5. The Morgan fingerprint density at radius 3 is 2.19 bits per heavy atom. The highest BCUT2D eigenvalue weighted by Gasteiger charge is 2.27. The Morgan fingerprint density at radius 2 is 1.60 bits per heavy atom. The molecular weight excluding hydrogens is 665 g/mol. The average Bonchev–Trinajstić information content (AvgIpc) is 3.72. The molecule has 0 aliphatic carbocycles. The van der Waals surface area contributed by atoms with E-state index >= 15 is 0 Å². The van der Waals surface area contributed by atoms with Crippen molar-refractivity contribution in [1.29, 1.82) is 0 Å². The second-order valence-electron chi connectivity index (χ2n) is 11.2. The second-order valence-corrected chi connectivity index (χ2v) is 12.9. The summed E-state index contributed by atoms with van der Waals surface area (Å²) in [5.41, 5.74) is 3.97. The van der Waals surface area contributed by atoms with Gasteiger partial charge in [-0.05, 0) is 87.0 Å². The van der Waals surface area contributed by atoms with Crippen molar-refractivity contribution in [2.45, 2.75) is 70.5 Å². The van der Waals surface area contributed by atoms with E-state index in [9.17, 15) is 9.50 Å². The van der Waals surface area contributed by atoms with Gasteiger partial charge in [0.25, 0.3) is 0 Å². The Kier molecular flexibility index (Phi) is 13.0. The standard InChI is InChI=1S/C23H29BrFNO2.C11H13BrO2/c1-16-9-10-18(13-23(16)25)12-19-6-5-11-26(19)14-20(27)15-28-17(2)21-7-3-4-8-22(21)24;1-8(13-6-9-7-14-9)10-4-2-3-5-11(10)12/h3-4,7-10,13,17,19-20,27H,5-6,11-12,14-15H2,1-2H3;2-5,8-9H,6-7H2,1H3/t17-,19+,20-;8-,9+/m11/s1. The van der Waals surface area contributed by atoms with Gasteiger partial charge in [0.2, 0.25) is 0 Å². The summed E-state index contributed by atoms with van der Waals surface area (Å²) in [6.45, 7) is 9.24. The quantitative estimate of drug-likeness (QED) is 0.194. The van der Waals surface area contributed by atoms with Crippen LogP contribution in [0.2, 0.25) is 0 Å². The highest BCUT2D eigenvalue weighted by atomic mass is 79.9. The Balaban J connectivity index is 0.000000241. The average molecular weight is 708 g/mol. The molecule has 2 aliphatic rings. The minimum Gasteiger partial charge on any atom is -0.389 e. The van der Waals surface area contributed by atoms with Crippen LogP contribution in [0.5, 0.6) is 0 Å². The molecular formula is C34H42Br2FNO4. The van der Waals surface area contributed by atoms with E-state index in [4.69, 9.17) is 14.2 Å². The van der Waals surface area contributed by atoms with Gasteiger partial charge in [-0.3, -0.25) is 4.90 Å². The zero-order valence-corrected chi connectivity index (χ0v) is 27.8. The number of rotatable bonds is 12. The number of aryl methyl sites for hydroxylation is 1. The highest BCUT2D eigenvalue weighted by molar-refractivity contribution is 9.10. The molecule has 0 saturated carbocycles. The van der Waals surface area contributed by atoms with Crippen molar-refractivity contribution in [3.05, 3.63) is 104 Å². The first-order valence-corrected chi connectivity index (χ1v) is 16.3. The minimum atomic E-state index is -0.541. The number of aliphatic hydroxyl groups excluding tert-OH is 1. The maximum absolute atomic E-state index is 13.8. The lowest BCUT2D eigenvalue weighted by molar-refractivity contribution is -0.0173. The Hall–Kier alpha value is -1.65. The van der Waals surface area contributed by atoms with Gasteiger partial charge in [0.15, 0.2) is 0 Å². The summed E-state index contributed by atoms with van der Waals surface area (Å²) >= 11 is 7.05. The van der Waals surface area contributed by atoms with Crippen LogP contribution in [0.25, 0.3) is 0 Å². The van der Waals surface area contributed by atoms with Gasteiger partial charge in [-0.15, -0.1) is 0 Å². The predicted molar refractivity (Wildman–Crippen MR) is 172 cm³/mol. The summed E-state index contributed by atoms with van der Waals surface area (Å²) < 4.78 is 32.6. The third kappa shape index (κ3) is 10.2. The number of hydrogen-bond acceptors (Lipinski definition) is 5. The number of β-amino-alcohol motifs (C(OH)–C–C–N with tert-alkyl or cyclic N) is 1. The minimum absolute atomic E-state index is 0.0878. The Labute approximate surface area is 266 Å². The number of halogens is 3. The lowest BCUT2D eigenvalue weighted by atomic mass is 10.0. The fourth-order valence-corrected chi connectivity index (χ4v) is 6.40. The van der Waals surface area contributed by atoms with Gasteiger partial charge in [0.05, 0.1) is 38.1 Å². The molecule has 0 bridgehead atoms. The van der Waals surface area contributed by atoms with Crippen molar-refractivity contribution in [3.63, 3.8) is 0 Å². The monoisotopic (exact) mass is 705 g/mol. The highest BCUT2D eigenvalue weighted by Crippen LogP contribution is 2.28. The van der Waals surface area contributed by atoms with E-state index in [1.165, 1.54) is 5.56 Å². The third-order valence-electron chi connectivity index (χ3n) is 7.81. The Bertz CT molecular complexity index is 1270. The molecule has 8 heteroatoms. The molecule has 5 nitrogen and oxygen atoms in total. The third-order valence-corrected chi connectivity index (χ3v) is 9.26. The van der Waals surface area contributed by atoms with Crippen molar-refractivity contribution in [2.24, 2.45) is 0 Å². The zero-order valence-electron chi connectivity index (χ0n) is 24.6.